The van der Waals surface area contributed by atoms with Gasteiger partial charge in [-0.05, 0) is 41.1 Å². The molecule has 1 aromatic carbocycles. The van der Waals surface area contributed by atoms with Crippen LogP contribution < -0.4 is 0 Å². The van der Waals surface area contributed by atoms with Crippen molar-refractivity contribution < 1.29 is 13.9 Å². The molecule has 102 valence electrons. The second-order valence-electron chi connectivity index (χ2n) is 4.38. The van der Waals surface area contributed by atoms with Crippen molar-refractivity contribution in [1.82, 2.24) is 9.78 Å². The zero-order valence-electron chi connectivity index (χ0n) is 10.5. The maximum Gasteiger partial charge on any atom is 0.143 e. The number of benzene rings is 1. The molecule has 0 radical (unpaired) electrons. The molecule has 0 saturated carbocycles. The van der Waals surface area contributed by atoms with E-state index in [0.717, 1.165) is 5.69 Å². The minimum Gasteiger partial charge on any atom is -0.386 e. The van der Waals surface area contributed by atoms with Crippen LogP contribution >= 0.6 is 15.9 Å². The number of hydrogen-bond acceptors (Lipinski definition) is 2. The Morgan fingerprint density at radius 2 is 2.11 bits per heavy atom. The second kappa shape index (κ2) is 5.38. The van der Waals surface area contributed by atoms with Crippen LogP contribution in [0.25, 0.3) is 0 Å². The molecule has 1 unspecified atom stereocenters. The minimum absolute atomic E-state index is 0.138. The summed E-state index contributed by atoms with van der Waals surface area (Å²) in [7, 11) is 1.68. The summed E-state index contributed by atoms with van der Waals surface area (Å²) in [6.45, 7) is 1.79. The van der Waals surface area contributed by atoms with Crippen LogP contribution in [-0.4, -0.2) is 14.9 Å². The molecule has 19 heavy (non-hydrogen) atoms. The van der Waals surface area contributed by atoms with Gasteiger partial charge in [0.1, 0.15) is 11.6 Å². The van der Waals surface area contributed by atoms with E-state index in [0.29, 0.717) is 5.69 Å². The first-order chi connectivity index (χ1) is 8.90. The molecule has 0 spiro atoms. The molecule has 2 rings (SSSR count). The lowest BCUT2D eigenvalue weighted by atomic mass is 10.0. The molecule has 6 heteroatoms. The van der Waals surface area contributed by atoms with Gasteiger partial charge in [-0.2, -0.15) is 5.10 Å². The van der Waals surface area contributed by atoms with Crippen molar-refractivity contribution in [3.05, 3.63) is 51.3 Å². The van der Waals surface area contributed by atoms with Crippen molar-refractivity contribution in [3.63, 3.8) is 0 Å². The van der Waals surface area contributed by atoms with E-state index in [9.17, 15) is 13.9 Å². The smallest absolute Gasteiger partial charge is 0.143 e. The Morgan fingerprint density at radius 1 is 1.42 bits per heavy atom. The maximum atomic E-state index is 13.8. The number of aliphatic hydroxyl groups excluding tert-OH is 1. The van der Waals surface area contributed by atoms with Gasteiger partial charge in [-0.1, -0.05) is 0 Å². The van der Waals surface area contributed by atoms with Crippen LogP contribution in [0.5, 0.6) is 0 Å². The van der Waals surface area contributed by atoms with E-state index in [-0.39, 0.29) is 16.5 Å². The van der Waals surface area contributed by atoms with Gasteiger partial charge in [-0.3, -0.25) is 4.68 Å². The molecule has 3 nitrogen and oxygen atoms in total. The largest absolute Gasteiger partial charge is 0.386 e. The van der Waals surface area contributed by atoms with Crippen LogP contribution in [0.3, 0.4) is 0 Å². The van der Waals surface area contributed by atoms with Gasteiger partial charge in [0, 0.05) is 19.0 Å². The quantitative estimate of drug-likeness (QED) is 0.878. The third kappa shape index (κ3) is 2.84. The van der Waals surface area contributed by atoms with Gasteiger partial charge < -0.3 is 5.11 Å². The van der Waals surface area contributed by atoms with E-state index in [1.165, 1.54) is 16.8 Å². The summed E-state index contributed by atoms with van der Waals surface area (Å²) in [6.07, 6.45) is -1.15. The lowest BCUT2D eigenvalue weighted by molar-refractivity contribution is 0.166. The van der Waals surface area contributed by atoms with Gasteiger partial charge in [0.15, 0.2) is 0 Å². The summed E-state index contributed by atoms with van der Waals surface area (Å²) in [5.74, 6) is -1.35. The van der Waals surface area contributed by atoms with Crippen LogP contribution in [0, 0.1) is 18.6 Å². The normalized spacial score (nSPS) is 12.7. The van der Waals surface area contributed by atoms with E-state index in [1.807, 2.05) is 0 Å². The standard InChI is InChI=1S/C13H13BrF2N2O/c1-7-5-11(18(2)17-7)12(19)6-8-10(15)4-3-9(14)13(8)16/h3-5,12,19H,6H2,1-2H3. The van der Waals surface area contributed by atoms with E-state index >= 15 is 0 Å². The highest BCUT2D eigenvalue weighted by molar-refractivity contribution is 9.10. The highest BCUT2D eigenvalue weighted by Gasteiger charge is 2.19. The maximum absolute atomic E-state index is 13.8. The molecular formula is C13H13BrF2N2O. The van der Waals surface area contributed by atoms with Gasteiger partial charge in [0.25, 0.3) is 0 Å². The summed E-state index contributed by atoms with van der Waals surface area (Å²) in [5, 5.41) is 14.2. The monoisotopic (exact) mass is 330 g/mol. The summed E-state index contributed by atoms with van der Waals surface area (Å²) in [6, 6.07) is 4.16. The van der Waals surface area contributed by atoms with Crippen LogP contribution in [-0.2, 0) is 13.5 Å². The van der Waals surface area contributed by atoms with Crippen LogP contribution in [0.1, 0.15) is 23.1 Å². The van der Waals surface area contributed by atoms with E-state index < -0.39 is 17.7 Å². The fourth-order valence-electron chi connectivity index (χ4n) is 2.00. The van der Waals surface area contributed by atoms with Crippen molar-refractivity contribution in [2.75, 3.05) is 0 Å². The average Bonchev–Trinajstić information content (AvgIpc) is 2.69. The lowest BCUT2D eigenvalue weighted by Gasteiger charge is -2.13. The second-order valence-corrected chi connectivity index (χ2v) is 5.23. The number of nitrogens with zero attached hydrogens (tertiary/aromatic N) is 2. The van der Waals surface area contributed by atoms with Crippen LogP contribution in [0.2, 0.25) is 0 Å². The Bertz CT molecular complexity index is 613. The third-order valence-electron chi connectivity index (χ3n) is 2.92. The number of rotatable bonds is 3. The summed E-state index contributed by atoms with van der Waals surface area (Å²) < 4.78 is 29.1. The first-order valence-corrected chi connectivity index (χ1v) is 6.50. The molecule has 0 bridgehead atoms. The Labute approximate surface area is 118 Å². The number of hydrogen-bond donors (Lipinski definition) is 1. The molecule has 0 aliphatic rings. The highest BCUT2D eigenvalue weighted by atomic mass is 79.9. The van der Waals surface area contributed by atoms with Gasteiger partial charge >= 0.3 is 0 Å². The number of aryl methyl sites for hydroxylation is 2. The number of aromatic nitrogens is 2. The molecule has 0 saturated heterocycles. The summed E-state index contributed by atoms with van der Waals surface area (Å²) in [4.78, 5) is 0. The molecule has 0 aliphatic heterocycles. The van der Waals surface area contributed by atoms with Crippen molar-refractivity contribution in [2.45, 2.75) is 19.4 Å². The molecule has 2 aromatic rings. The van der Waals surface area contributed by atoms with E-state index in [1.54, 1.807) is 20.0 Å². The third-order valence-corrected chi connectivity index (χ3v) is 3.53. The molecule has 1 atom stereocenters. The predicted octanol–water partition coefficient (Wildman–Crippen LogP) is 3.05. The Kier molecular flexibility index (Phi) is 4.01. The molecule has 1 heterocycles. The summed E-state index contributed by atoms with van der Waals surface area (Å²) in [5.41, 5.74) is 1.13. The minimum atomic E-state index is -1.01. The van der Waals surface area contributed by atoms with Gasteiger partial charge in [-0.25, -0.2) is 8.78 Å². The molecule has 1 N–H and O–H groups in total. The van der Waals surface area contributed by atoms with E-state index in [2.05, 4.69) is 21.0 Å². The molecule has 0 fully saturated rings. The average molecular weight is 331 g/mol. The summed E-state index contributed by atoms with van der Waals surface area (Å²) >= 11 is 3.00. The van der Waals surface area contributed by atoms with Crippen molar-refractivity contribution in [1.29, 1.82) is 0 Å². The zero-order valence-corrected chi connectivity index (χ0v) is 12.1. The Hall–Kier alpha value is -1.27. The number of halogens is 3. The SMILES string of the molecule is Cc1cc(C(O)Cc2c(F)ccc(Br)c2F)n(C)n1. The van der Waals surface area contributed by atoms with Crippen LogP contribution in [0.15, 0.2) is 22.7 Å². The van der Waals surface area contributed by atoms with Crippen molar-refractivity contribution in [2.24, 2.45) is 7.05 Å². The van der Waals surface area contributed by atoms with Crippen molar-refractivity contribution in [3.8, 4) is 0 Å². The lowest BCUT2D eigenvalue weighted by Crippen LogP contribution is -2.10. The first-order valence-electron chi connectivity index (χ1n) is 5.71. The van der Waals surface area contributed by atoms with Gasteiger partial charge in [0.2, 0.25) is 0 Å². The fraction of sp³-hybridized carbons (Fsp3) is 0.308. The zero-order chi connectivity index (χ0) is 14.2. The molecule has 0 amide bonds. The van der Waals surface area contributed by atoms with Gasteiger partial charge in [0.05, 0.1) is 22.0 Å². The molecular weight excluding hydrogens is 318 g/mol. The molecule has 0 aliphatic carbocycles. The Morgan fingerprint density at radius 3 is 2.68 bits per heavy atom. The highest BCUT2D eigenvalue weighted by Crippen LogP contribution is 2.26. The fourth-order valence-corrected chi connectivity index (χ4v) is 2.37. The Balaban J connectivity index is 2.31. The topological polar surface area (TPSA) is 38.0 Å². The van der Waals surface area contributed by atoms with Gasteiger partial charge in [-0.15, -0.1) is 0 Å². The van der Waals surface area contributed by atoms with Crippen molar-refractivity contribution >= 4 is 15.9 Å². The predicted molar refractivity (Wildman–Crippen MR) is 70.7 cm³/mol. The van der Waals surface area contributed by atoms with Crippen LogP contribution in [0.4, 0.5) is 8.78 Å². The number of aliphatic hydroxyl groups is 1. The first kappa shape index (κ1) is 14.1. The van der Waals surface area contributed by atoms with E-state index in [4.69, 9.17) is 0 Å². The molecule has 1 aromatic heterocycles.